The van der Waals surface area contributed by atoms with Gasteiger partial charge in [0.1, 0.15) is 0 Å². The van der Waals surface area contributed by atoms with E-state index in [4.69, 9.17) is 0 Å². The molecule has 0 aromatic heterocycles. The Bertz CT molecular complexity index is 903. The van der Waals surface area contributed by atoms with Crippen molar-refractivity contribution in [3.8, 4) is 11.1 Å². The van der Waals surface area contributed by atoms with Crippen molar-refractivity contribution in [3.05, 3.63) is 77.9 Å². The molecule has 3 nitrogen and oxygen atoms in total. The van der Waals surface area contributed by atoms with Crippen LogP contribution in [0.25, 0.3) is 11.1 Å². The van der Waals surface area contributed by atoms with E-state index in [1.807, 2.05) is 13.1 Å². The highest BCUT2D eigenvalue weighted by molar-refractivity contribution is 5.86. The summed E-state index contributed by atoms with van der Waals surface area (Å²) in [6.45, 7) is 2.05. The molecule has 0 spiro atoms. The van der Waals surface area contributed by atoms with Gasteiger partial charge in [-0.1, -0.05) is 48.5 Å². The summed E-state index contributed by atoms with van der Waals surface area (Å²) >= 11 is 0. The Morgan fingerprint density at radius 2 is 1.70 bits per heavy atom. The quantitative estimate of drug-likeness (QED) is 0.508. The summed E-state index contributed by atoms with van der Waals surface area (Å²) in [4.78, 5) is 0. The Labute approximate surface area is 161 Å². The molecule has 4 rings (SSSR count). The molecule has 138 valence electrons. The van der Waals surface area contributed by atoms with Crippen LogP contribution >= 0.6 is 0 Å². The highest BCUT2D eigenvalue weighted by Gasteiger charge is 2.18. The fraction of sp³-hybridized carbons (Fsp3) is 0.250. The van der Waals surface area contributed by atoms with Gasteiger partial charge < -0.3 is 16.0 Å². The molecule has 0 atom stereocenters. The smallest absolute Gasteiger partial charge is 0.0453 e. The Morgan fingerprint density at radius 3 is 2.56 bits per heavy atom. The van der Waals surface area contributed by atoms with E-state index in [1.54, 1.807) is 0 Å². The molecule has 1 aliphatic heterocycles. The van der Waals surface area contributed by atoms with Crippen molar-refractivity contribution < 1.29 is 0 Å². The molecule has 3 aromatic rings. The summed E-state index contributed by atoms with van der Waals surface area (Å²) in [6.07, 6.45) is 3.26. The normalized spacial score (nSPS) is 12.5. The lowest BCUT2D eigenvalue weighted by Crippen LogP contribution is -2.09. The molecule has 0 unspecified atom stereocenters. The minimum absolute atomic E-state index is 1.02. The van der Waals surface area contributed by atoms with Gasteiger partial charge in [-0.3, -0.25) is 0 Å². The standard InChI is InChI=1S/C24H27N3/c1-25-16-7-13-21-20(22-12-5-8-18-15-17-26-24(18)22)11-6-14-23(21)27-19-9-3-2-4-10-19/h2-6,8-12,14,25-27H,7,13,15-17H2,1H3. The lowest BCUT2D eigenvalue weighted by atomic mass is 9.92. The van der Waals surface area contributed by atoms with Crippen molar-refractivity contribution in [3.63, 3.8) is 0 Å². The first-order chi connectivity index (χ1) is 13.4. The second kappa shape index (κ2) is 8.28. The van der Waals surface area contributed by atoms with Gasteiger partial charge in [-0.05, 0) is 67.7 Å². The molecule has 0 fully saturated rings. The SMILES string of the molecule is CNCCCc1c(Nc2ccccc2)cccc1-c1cccc2c1NCC2. The van der Waals surface area contributed by atoms with E-state index in [0.29, 0.717) is 0 Å². The number of hydrogen-bond acceptors (Lipinski definition) is 3. The van der Waals surface area contributed by atoms with Crippen molar-refractivity contribution in [2.75, 3.05) is 30.8 Å². The third kappa shape index (κ3) is 3.83. The second-order valence-corrected chi connectivity index (χ2v) is 7.05. The first-order valence-electron chi connectivity index (χ1n) is 9.81. The molecule has 0 bridgehead atoms. The van der Waals surface area contributed by atoms with Crippen molar-refractivity contribution in [1.82, 2.24) is 5.32 Å². The predicted molar refractivity (Wildman–Crippen MR) is 116 cm³/mol. The molecule has 3 heteroatoms. The van der Waals surface area contributed by atoms with Crippen LogP contribution in [0.2, 0.25) is 0 Å². The summed E-state index contributed by atoms with van der Waals surface area (Å²) in [7, 11) is 2.02. The van der Waals surface area contributed by atoms with Gasteiger partial charge in [0.05, 0.1) is 0 Å². The number of rotatable bonds is 7. The fourth-order valence-corrected chi connectivity index (χ4v) is 3.91. The van der Waals surface area contributed by atoms with Gasteiger partial charge in [0.15, 0.2) is 0 Å². The van der Waals surface area contributed by atoms with Crippen LogP contribution in [0.1, 0.15) is 17.5 Å². The molecule has 1 heterocycles. The van der Waals surface area contributed by atoms with Crippen LogP contribution in [0.4, 0.5) is 17.1 Å². The molecule has 0 saturated heterocycles. The van der Waals surface area contributed by atoms with E-state index in [9.17, 15) is 0 Å². The summed E-state index contributed by atoms with van der Waals surface area (Å²) < 4.78 is 0. The molecule has 0 aliphatic carbocycles. The van der Waals surface area contributed by atoms with E-state index >= 15 is 0 Å². The van der Waals surface area contributed by atoms with E-state index in [-0.39, 0.29) is 0 Å². The van der Waals surface area contributed by atoms with Gasteiger partial charge >= 0.3 is 0 Å². The third-order valence-corrected chi connectivity index (χ3v) is 5.22. The molecule has 3 N–H and O–H groups in total. The Hall–Kier alpha value is -2.78. The Morgan fingerprint density at radius 1 is 0.889 bits per heavy atom. The summed E-state index contributed by atoms with van der Waals surface area (Å²) in [6, 6.07) is 23.7. The van der Waals surface area contributed by atoms with Crippen LogP contribution in [0, 0.1) is 0 Å². The van der Waals surface area contributed by atoms with Gasteiger partial charge in [-0.25, -0.2) is 0 Å². The first kappa shape index (κ1) is 17.6. The first-order valence-corrected chi connectivity index (χ1v) is 9.81. The van der Waals surface area contributed by atoms with Crippen molar-refractivity contribution >= 4 is 17.1 Å². The number of para-hydroxylation sites is 2. The average molecular weight is 358 g/mol. The molecule has 0 saturated carbocycles. The molecule has 3 aromatic carbocycles. The maximum absolute atomic E-state index is 3.64. The minimum atomic E-state index is 1.02. The topological polar surface area (TPSA) is 36.1 Å². The summed E-state index contributed by atoms with van der Waals surface area (Å²) in [5.41, 5.74) is 9.10. The molecule has 0 amide bonds. The Balaban J connectivity index is 1.77. The number of benzene rings is 3. The molecule has 27 heavy (non-hydrogen) atoms. The maximum atomic E-state index is 3.64. The van der Waals surface area contributed by atoms with E-state index in [0.717, 1.165) is 38.0 Å². The highest BCUT2D eigenvalue weighted by Crippen LogP contribution is 2.39. The van der Waals surface area contributed by atoms with Crippen LogP contribution in [0.15, 0.2) is 66.7 Å². The minimum Gasteiger partial charge on any atom is -0.384 e. The van der Waals surface area contributed by atoms with Crippen molar-refractivity contribution in [2.45, 2.75) is 19.3 Å². The van der Waals surface area contributed by atoms with Crippen molar-refractivity contribution in [1.29, 1.82) is 0 Å². The second-order valence-electron chi connectivity index (χ2n) is 7.05. The highest BCUT2D eigenvalue weighted by atomic mass is 14.9. The van der Waals surface area contributed by atoms with Gasteiger partial charge in [0.25, 0.3) is 0 Å². The molecule has 1 aliphatic rings. The predicted octanol–water partition coefficient (Wildman–Crippen LogP) is 5.22. The maximum Gasteiger partial charge on any atom is 0.0453 e. The molecular weight excluding hydrogens is 330 g/mol. The van der Waals surface area contributed by atoms with Crippen LogP contribution in [-0.4, -0.2) is 20.1 Å². The van der Waals surface area contributed by atoms with Gasteiger partial charge in [0.2, 0.25) is 0 Å². The lowest BCUT2D eigenvalue weighted by Gasteiger charge is -2.19. The van der Waals surface area contributed by atoms with Crippen LogP contribution < -0.4 is 16.0 Å². The molecule has 0 radical (unpaired) electrons. The van der Waals surface area contributed by atoms with Gasteiger partial charge in [-0.2, -0.15) is 0 Å². The van der Waals surface area contributed by atoms with E-state index in [2.05, 4.69) is 76.6 Å². The molecular formula is C24H27N3. The van der Waals surface area contributed by atoms with Crippen molar-refractivity contribution in [2.24, 2.45) is 0 Å². The van der Waals surface area contributed by atoms with Crippen LogP contribution in [0.5, 0.6) is 0 Å². The average Bonchev–Trinajstić information content (AvgIpc) is 3.19. The van der Waals surface area contributed by atoms with E-state index < -0.39 is 0 Å². The zero-order valence-electron chi connectivity index (χ0n) is 15.9. The fourth-order valence-electron chi connectivity index (χ4n) is 3.91. The largest absolute Gasteiger partial charge is 0.384 e. The number of nitrogens with one attached hydrogen (secondary N) is 3. The van der Waals surface area contributed by atoms with Crippen LogP contribution in [0.3, 0.4) is 0 Å². The Kier molecular flexibility index (Phi) is 5.40. The summed E-state index contributed by atoms with van der Waals surface area (Å²) in [5.74, 6) is 0. The van der Waals surface area contributed by atoms with E-state index in [1.165, 1.54) is 33.6 Å². The van der Waals surface area contributed by atoms with Crippen LogP contribution in [-0.2, 0) is 12.8 Å². The number of hydrogen-bond donors (Lipinski definition) is 3. The zero-order chi connectivity index (χ0) is 18.5. The van der Waals surface area contributed by atoms with Gasteiger partial charge in [0, 0.05) is 29.2 Å². The number of anilines is 3. The number of fused-ring (bicyclic) bond motifs is 1. The monoisotopic (exact) mass is 357 g/mol. The lowest BCUT2D eigenvalue weighted by molar-refractivity contribution is 0.726. The van der Waals surface area contributed by atoms with Gasteiger partial charge in [-0.15, -0.1) is 0 Å². The zero-order valence-corrected chi connectivity index (χ0v) is 15.9. The third-order valence-electron chi connectivity index (χ3n) is 5.22. The summed E-state index contributed by atoms with van der Waals surface area (Å²) in [5, 5.41) is 10.5.